The second kappa shape index (κ2) is 6.49. The van der Waals surface area contributed by atoms with Crippen LogP contribution in [0.3, 0.4) is 0 Å². The molecule has 5 heteroatoms. The molecule has 3 aromatic rings. The number of fused-ring (bicyclic) bond motifs is 1. The van der Waals surface area contributed by atoms with Gasteiger partial charge in [-0.25, -0.2) is 4.98 Å². The first-order valence-corrected chi connectivity index (χ1v) is 7.29. The normalized spacial score (nSPS) is 10.4. The van der Waals surface area contributed by atoms with Crippen molar-refractivity contribution in [1.82, 2.24) is 15.3 Å². The third-order valence-electron chi connectivity index (χ3n) is 3.31. The largest absolute Gasteiger partial charge is 0.497 e. The number of nitrogens with zero attached hydrogens (tertiary/aromatic N) is 2. The molecule has 0 saturated carbocycles. The molecule has 0 radical (unpaired) electrons. The second-order valence-corrected chi connectivity index (χ2v) is 5.21. The van der Waals surface area contributed by atoms with E-state index >= 15 is 0 Å². The van der Waals surface area contributed by atoms with Crippen molar-refractivity contribution in [2.24, 2.45) is 0 Å². The Morgan fingerprint density at radius 2 is 2.14 bits per heavy atom. The van der Waals surface area contributed by atoms with Gasteiger partial charge in [0.25, 0.3) is 0 Å². The van der Waals surface area contributed by atoms with Crippen molar-refractivity contribution < 1.29 is 4.74 Å². The smallest absolute Gasteiger partial charge is 0.125 e. The number of hydrogen-bond donors (Lipinski definition) is 1. The van der Waals surface area contributed by atoms with E-state index in [9.17, 15) is 0 Å². The fourth-order valence-electron chi connectivity index (χ4n) is 2.15. The maximum Gasteiger partial charge on any atom is 0.125 e. The zero-order chi connectivity index (χ0) is 15.4. The maximum atomic E-state index is 5.42. The Balaban J connectivity index is 1.72. The molecule has 3 rings (SSSR count). The lowest BCUT2D eigenvalue weighted by atomic mass is 10.2. The molecule has 2 aromatic heterocycles. The minimum absolute atomic E-state index is 0.626. The highest BCUT2D eigenvalue weighted by atomic mass is 32.1. The van der Waals surface area contributed by atoms with Crippen molar-refractivity contribution in [3.8, 4) is 5.75 Å². The van der Waals surface area contributed by atoms with Crippen LogP contribution in [0, 0.1) is 0 Å². The SMILES string of the molecule is COc1cccc(CNC(=S)c2ccc3cnccc3n2)c1. The lowest BCUT2D eigenvalue weighted by Crippen LogP contribution is -2.22. The number of ether oxygens (including phenoxy) is 1. The number of nitrogens with one attached hydrogen (secondary N) is 1. The van der Waals surface area contributed by atoms with Gasteiger partial charge < -0.3 is 10.1 Å². The predicted octanol–water partition coefficient (Wildman–Crippen LogP) is 3.10. The Hall–Kier alpha value is -2.53. The summed E-state index contributed by atoms with van der Waals surface area (Å²) in [5.74, 6) is 0.835. The van der Waals surface area contributed by atoms with E-state index in [-0.39, 0.29) is 0 Å². The van der Waals surface area contributed by atoms with E-state index < -0.39 is 0 Å². The fourth-order valence-corrected chi connectivity index (χ4v) is 2.33. The van der Waals surface area contributed by atoms with Crippen LogP contribution in [0.2, 0.25) is 0 Å². The zero-order valence-electron chi connectivity index (χ0n) is 12.1. The average Bonchev–Trinajstić information content (AvgIpc) is 2.59. The van der Waals surface area contributed by atoms with Crippen LogP contribution in [-0.2, 0) is 6.54 Å². The Morgan fingerprint density at radius 1 is 1.23 bits per heavy atom. The maximum absolute atomic E-state index is 5.42. The minimum atomic E-state index is 0.626. The van der Waals surface area contributed by atoms with Gasteiger partial charge in [-0.15, -0.1) is 0 Å². The van der Waals surface area contributed by atoms with E-state index in [4.69, 9.17) is 17.0 Å². The molecule has 0 fully saturated rings. The first kappa shape index (κ1) is 14.4. The number of benzene rings is 1. The summed E-state index contributed by atoms with van der Waals surface area (Å²) in [4.78, 5) is 9.26. The van der Waals surface area contributed by atoms with Crippen LogP contribution in [0.25, 0.3) is 10.9 Å². The highest BCUT2D eigenvalue weighted by Gasteiger charge is 2.04. The molecule has 0 spiro atoms. The number of pyridine rings is 2. The van der Waals surface area contributed by atoms with Gasteiger partial charge >= 0.3 is 0 Å². The van der Waals surface area contributed by atoms with Crippen molar-refractivity contribution in [2.45, 2.75) is 6.54 Å². The third-order valence-corrected chi connectivity index (χ3v) is 3.66. The number of thiocarbonyl (C=S) groups is 1. The van der Waals surface area contributed by atoms with E-state index in [1.54, 1.807) is 19.5 Å². The predicted molar refractivity (Wildman–Crippen MR) is 91.1 cm³/mol. The molecule has 1 aromatic carbocycles. The summed E-state index contributed by atoms with van der Waals surface area (Å²) >= 11 is 5.42. The molecule has 0 aliphatic heterocycles. The average molecular weight is 309 g/mol. The van der Waals surface area contributed by atoms with Gasteiger partial charge in [-0.05, 0) is 35.9 Å². The lowest BCUT2D eigenvalue weighted by Gasteiger charge is -2.09. The van der Waals surface area contributed by atoms with E-state index in [0.29, 0.717) is 11.5 Å². The van der Waals surface area contributed by atoms with Gasteiger partial charge in [-0.3, -0.25) is 4.98 Å². The summed E-state index contributed by atoms with van der Waals surface area (Å²) in [5.41, 5.74) is 2.75. The molecule has 1 N–H and O–H groups in total. The molecular formula is C17H15N3OS. The Labute approximate surface area is 134 Å². The van der Waals surface area contributed by atoms with Crippen molar-refractivity contribution in [2.75, 3.05) is 7.11 Å². The molecule has 0 bridgehead atoms. The van der Waals surface area contributed by atoms with Crippen LogP contribution >= 0.6 is 12.2 Å². The highest BCUT2D eigenvalue weighted by molar-refractivity contribution is 7.80. The van der Waals surface area contributed by atoms with E-state index in [2.05, 4.69) is 15.3 Å². The fraction of sp³-hybridized carbons (Fsp3) is 0.118. The monoisotopic (exact) mass is 309 g/mol. The first-order chi connectivity index (χ1) is 10.8. The molecule has 0 aliphatic carbocycles. The van der Waals surface area contributed by atoms with E-state index in [0.717, 1.165) is 27.9 Å². The molecule has 0 amide bonds. The molecule has 0 aliphatic rings. The quantitative estimate of drug-likeness (QED) is 0.750. The van der Waals surface area contributed by atoms with Crippen LogP contribution < -0.4 is 10.1 Å². The van der Waals surface area contributed by atoms with Crippen molar-refractivity contribution in [3.63, 3.8) is 0 Å². The number of rotatable bonds is 4. The summed E-state index contributed by atoms with van der Waals surface area (Å²) in [5, 5.41) is 4.23. The van der Waals surface area contributed by atoms with Crippen molar-refractivity contribution in [3.05, 3.63) is 66.1 Å². The summed E-state index contributed by atoms with van der Waals surface area (Å²) in [7, 11) is 1.66. The Morgan fingerprint density at radius 3 is 3.00 bits per heavy atom. The number of aromatic nitrogens is 2. The topological polar surface area (TPSA) is 47.0 Å². The van der Waals surface area contributed by atoms with Crippen molar-refractivity contribution in [1.29, 1.82) is 0 Å². The highest BCUT2D eigenvalue weighted by Crippen LogP contribution is 2.13. The van der Waals surface area contributed by atoms with Gasteiger partial charge in [0.05, 0.1) is 18.3 Å². The molecule has 4 nitrogen and oxygen atoms in total. The van der Waals surface area contributed by atoms with Gasteiger partial charge in [0, 0.05) is 24.3 Å². The molecular weight excluding hydrogens is 294 g/mol. The molecule has 0 saturated heterocycles. The first-order valence-electron chi connectivity index (χ1n) is 6.88. The summed E-state index contributed by atoms with van der Waals surface area (Å²) in [6.45, 7) is 0.631. The van der Waals surface area contributed by atoms with Gasteiger partial charge in [-0.1, -0.05) is 24.4 Å². The zero-order valence-corrected chi connectivity index (χ0v) is 12.9. The van der Waals surface area contributed by atoms with Gasteiger partial charge in [0.1, 0.15) is 10.7 Å². The standard InChI is InChI=1S/C17H15N3OS/c1-21-14-4-2-3-12(9-14)10-19-17(22)16-6-5-13-11-18-8-7-15(13)20-16/h2-9,11H,10H2,1H3,(H,19,22). The van der Waals surface area contributed by atoms with Gasteiger partial charge in [0.2, 0.25) is 0 Å². The Bertz CT molecular complexity index is 820. The van der Waals surface area contributed by atoms with Gasteiger partial charge in [0.15, 0.2) is 0 Å². The number of hydrogen-bond acceptors (Lipinski definition) is 4. The van der Waals surface area contributed by atoms with Crippen molar-refractivity contribution >= 4 is 28.1 Å². The number of methoxy groups -OCH3 is 1. The second-order valence-electron chi connectivity index (χ2n) is 4.80. The van der Waals surface area contributed by atoms with Crippen LogP contribution in [0.5, 0.6) is 5.75 Å². The van der Waals surface area contributed by atoms with Gasteiger partial charge in [-0.2, -0.15) is 0 Å². The van der Waals surface area contributed by atoms with Crippen LogP contribution in [0.4, 0.5) is 0 Å². The molecule has 22 heavy (non-hydrogen) atoms. The van der Waals surface area contributed by atoms with Crippen LogP contribution in [-0.4, -0.2) is 22.1 Å². The molecule has 110 valence electrons. The molecule has 0 unspecified atom stereocenters. The third kappa shape index (κ3) is 3.20. The van der Waals surface area contributed by atoms with E-state index in [1.165, 1.54) is 0 Å². The minimum Gasteiger partial charge on any atom is -0.497 e. The molecule has 2 heterocycles. The summed E-state index contributed by atoms with van der Waals surface area (Å²) in [6.07, 6.45) is 3.52. The lowest BCUT2D eigenvalue weighted by molar-refractivity contribution is 0.414. The van der Waals surface area contributed by atoms with E-state index in [1.807, 2.05) is 42.5 Å². The summed E-state index contributed by atoms with van der Waals surface area (Å²) < 4.78 is 5.22. The summed E-state index contributed by atoms with van der Waals surface area (Å²) in [6, 6.07) is 13.6. The van der Waals surface area contributed by atoms with Crippen LogP contribution in [0.15, 0.2) is 54.9 Å². The Kier molecular flexibility index (Phi) is 4.25. The molecule has 0 atom stereocenters. The van der Waals surface area contributed by atoms with Crippen LogP contribution in [0.1, 0.15) is 11.3 Å².